The van der Waals surface area contributed by atoms with Crippen LogP contribution < -0.4 is 14.8 Å². The van der Waals surface area contributed by atoms with Crippen molar-refractivity contribution in [2.24, 2.45) is 0 Å². The maximum atomic E-state index is 13.1. The van der Waals surface area contributed by atoms with Crippen LogP contribution in [-0.2, 0) is 12.1 Å². The molecule has 1 fully saturated rings. The van der Waals surface area contributed by atoms with Gasteiger partial charge in [-0.2, -0.15) is 4.98 Å². The van der Waals surface area contributed by atoms with Gasteiger partial charge in [-0.15, -0.1) is 0 Å². The molecule has 1 amide bonds. The lowest BCUT2D eigenvalue weighted by Gasteiger charge is -2.27. The Morgan fingerprint density at radius 3 is 2.71 bits per heavy atom. The Bertz CT molecular complexity index is 1030. The lowest BCUT2D eigenvalue weighted by Crippen LogP contribution is -2.44. The normalized spacial score (nSPS) is 14.9. The molecule has 162 valence electrons. The molecule has 1 saturated carbocycles. The molecule has 31 heavy (non-hydrogen) atoms. The molecule has 2 aromatic heterocycles. The SMILES string of the molecule is CCOc1cc(C(=O)NC2(c3noc(C)n3)CCCC2)ccc1OCc1cccnc1. The number of rotatable bonds is 8. The van der Waals surface area contributed by atoms with Crippen LogP contribution in [0.1, 0.15) is 60.2 Å². The molecule has 4 rings (SSSR count). The first-order valence-corrected chi connectivity index (χ1v) is 10.5. The summed E-state index contributed by atoms with van der Waals surface area (Å²) in [6.45, 7) is 4.46. The number of carbonyl (C=O) groups excluding carboxylic acids is 1. The molecule has 1 aliphatic carbocycles. The highest BCUT2D eigenvalue weighted by Gasteiger charge is 2.41. The summed E-state index contributed by atoms with van der Waals surface area (Å²) in [7, 11) is 0. The minimum atomic E-state index is -0.601. The number of aryl methyl sites for hydroxylation is 1. The molecule has 0 aliphatic heterocycles. The molecule has 1 aliphatic rings. The van der Waals surface area contributed by atoms with Crippen LogP contribution in [0, 0.1) is 6.92 Å². The van der Waals surface area contributed by atoms with Gasteiger partial charge in [-0.3, -0.25) is 9.78 Å². The smallest absolute Gasteiger partial charge is 0.252 e. The fraction of sp³-hybridized carbons (Fsp3) is 0.391. The molecule has 0 radical (unpaired) electrons. The average molecular weight is 422 g/mol. The van der Waals surface area contributed by atoms with Crippen LogP contribution in [0.3, 0.4) is 0 Å². The van der Waals surface area contributed by atoms with Gasteiger partial charge in [0.15, 0.2) is 17.3 Å². The van der Waals surface area contributed by atoms with Crippen molar-refractivity contribution >= 4 is 5.91 Å². The summed E-state index contributed by atoms with van der Waals surface area (Å²) in [4.78, 5) is 21.6. The van der Waals surface area contributed by atoms with Gasteiger partial charge in [0.05, 0.1) is 6.61 Å². The molecule has 1 N–H and O–H groups in total. The van der Waals surface area contributed by atoms with E-state index in [0.717, 1.165) is 31.2 Å². The maximum absolute atomic E-state index is 13.1. The average Bonchev–Trinajstić information content (AvgIpc) is 3.43. The highest BCUT2D eigenvalue weighted by molar-refractivity contribution is 5.95. The van der Waals surface area contributed by atoms with E-state index in [1.54, 1.807) is 37.5 Å². The second-order valence-electron chi connectivity index (χ2n) is 7.62. The van der Waals surface area contributed by atoms with Crippen molar-refractivity contribution in [1.29, 1.82) is 0 Å². The predicted octanol–water partition coefficient (Wildman–Crippen LogP) is 3.95. The van der Waals surface area contributed by atoms with E-state index in [4.69, 9.17) is 14.0 Å². The van der Waals surface area contributed by atoms with Crippen LogP contribution in [-0.4, -0.2) is 27.6 Å². The molecule has 0 saturated heterocycles. The fourth-order valence-corrected chi connectivity index (χ4v) is 3.85. The van der Waals surface area contributed by atoms with Gasteiger partial charge in [-0.1, -0.05) is 24.1 Å². The summed E-state index contributed by atoms with van der Waals surface area (Å²) in [6, 6.07) is 9.01. The number of hydrogen-bond acceptors (Lipinski definition) is 7. The molecule has 1 aromatic carbocycles. The van der Waals surface area contributed by atoms with E-state index in [9.17, 15) is 4.79 Å². The van der Waals surface area contributed by atoms with Crippen LogP contribution in [0.5, 0.6) is 11.5 Å². The molecule has 0 bridgehead atoms. The Balaban J connectivity index is 1.53. The largest absolute Gasteiger partial charge is 0.490 e. The molecular weight excluding hydrogens is 396 g/mol. The van der Waals surface area contributed by atoms with Crippen LogP contribution in [0.15, 0.2) is 47.2 Å². The van der Waals surface area contributed by atoms with E-state index >= 15 is 0 Å². The summed E-state index contributed by atoms with van der Waals surface area (Å²) < 4.78 is 16.8. The van der Waals surface area contributed by atoms with Crippen molar-refractivity contribution in [2.75, 3.05) is 6.61 Å². The molecule has 8 heteroatoms. The lowest BCUT2D eigenvalue weighted by atomic mass is 9.96. The van der Waals surface area contributed by atoms with Crippen LogP contribution in [0.25, 0.3) is 0 Å². The van der Waals surface area contributed by atoms with Gasteiger partial charge in [0, 0.05) is 30.4 Å². The third-order valence-electron chi connectivity index (χ3n) is 5.39. The van der Waals surface area contributed by atoms with E-state index in [2.05, 4.69) is 20.4 Å². The number of pyridine rings is 1. The summed E-state index contributed by atoms with van der Waals surface area (Å²) in [5.41, 5.74) is 0.838. The number of nitrogens with one attached hydrogen (secondary N) is 1. The van der Waals surface area contributed by atoms with Crippen molar-refractivity contribution in [2.45, 2.75) is 51.7 Å². The Morgan fingerprint density at radius 2 is 2.03 bits per heavy atom. The van der Waals surface area contributed by atoms with E-state index in [1.807, 2.05) is 19.1 Å². The second kappa shape index (κ2) is 9.16. The molecule has 3 aromatic rings. The molecule has 0 spiro atoms. The van der Waals surface area contributed by atoms with Crippen molar-refractivity contribution < 1.29 is 18.8 Å². The maximum Gasteiger partial charge on any atom is 0.252 e. The highest BCUT2D eigenvalue weighted by Crippen LogP contribution is 2.38. The standard InChI is InChI=1S/C23H26N4O4/c1-3-29-20-13-18(8-9-19(20)30-15-17-7-6-12-24-14-17)21(28)26-23(10-4-5-11-23)22-25-16(2)31-27-22/h6-9,12-14H,3-5,10-11,15H2,1-2H3,(H,26,28). The molecule has 8 nitrogen and oxygen atoms in total. The predicted molar refractivity (Wildman–Crippen MR) is 113 cm³/mol. The van der Waals surface area contributed by atoms with Crippen molar-refractivity contribution in [3.8, 4) is 11.5 Å². The van der Waals surface area contributed by atoms with Gasteiger partial charge in [-0.05, 0) is 44.0 Å². The highest BCUT2D eigenvalue weighted by atomic mass is 16.5. The molecule has 2 heterocycles. The first kappa shape index (κ1) is 20.8. The first-order valence-electron chi connectivity index (χ1n) is 10.5. The quantitative estimate of drug-likeness (QED) is 0.587. The Kier molecular flexibility index (Phi) is 6.16. The number of benzene rings is 1. The van der Waals surface area contributed by atoms with Crippen molar-refractivity contribution in [3.63, 3.8) is 0 Å². The monoisotopic (exact) mass is 422 g/mol. The van der Waals surface area contributed by atoms with Gasteiger partial charge >= 0.3 is 0 Å². The number of nitrogens with zero attached hydrogens (tertiary/aromatic N) is 3. The zero-order valence-electron chi connectivity index (χ0n) is 17.8. The lowest BCUT2D eigenvalue weighted by molar-refractivity contribution is 0.0891. The van der Waals surface area contributed by atoms with Gasteiger partial charge in [0.1, 0.15) is 12.1 Å². The summed E-state index contributed by atoms with van der Waals surface area (Å²) in [5, 5.41) is 7.24. The Labute approximate surface area is 181 Å². The first-order chi connectivity index (χ1) is 15.1. The van der Waals surface area contributed by atoms with Crippen LogP contribution >= 0.6 is 0 Å². The molecule has 0 atom stereocenters. The van der Waals surface area contributed by atoms with Crippen molar-refractivity contribution in [3.05, 3.63) is 65.6 Å². The van der Waals surface area contributed by atoms with Gasteiger partial charge in [0.2, 0.25) is 5.89 Å². The van der Waals surface area contributed by atoms with E-state index in [0.29, 0.717) is 42.0 Å². The number of ether oxygens (including phenoxy) is 2. The molecule has 0 unspecified atom stereocenters. The topological polar surface area (TPSA) is 99.4 Å². The molecular formula is C23H26N4O4. The fourth-order valence-electron chi connectivity index (χ4n) is 3.85. The van der Waals surface area contributed by atoms with Gasteiger partial charge < -0.3 is 19.3 Å². The second-order valence-corrected chi connectivity index (χ2v) is 7.62. The zero-order valence-corrected chi connectivity index (χ0v) is 17.8. The van der Waals surface area contributed by atoms with Crippen molar-refractivity contribution in [1.82, 2.24) is 20.4 Å². The summed E-state index contributed by atoms with van der Waals surface area (Å²) in [6.07, 6.45) is 7.03. The number of hydrogen-bond donors (Lipinski definition) is 1. The minimum absolute atomic E-state index is 0.205. The number of amides is 1. The van der Waals surface area contributed by atoms with E-state index in [1.165, 1.54) is 0 Å². The minimum Gasteiger partial charge on any atom is -0.490 e. The third kappa shape index (κ3) is 4.68. The number of aromatic nitrogens is 3. The van der Waals surface area contributed by atoms with Crippen LogP contribution in [0.2, 0.25) is 0 Å². The zero-order chi connectivity index (χ0) is 21.7. The third-order valence-corrected chi connectivity index (χ3v) is 5.39. The van der Waals surface area contributed by atoms with Gasteiger partial charge in [0.25, 0.3) is 5.91 Å². The summed E-state index contributed by atoms with van der Waals surface area (Å²) in [5.74, 6) is 1.92. The van der Waals surface area contributed by atoms with E-state index in [-0.39, 0.29) is 5.91 Å². The Hall–Kier alpha value is -3.42. The van der Waals surface area contributed by atoms with Gasteiger partial charge in [-0.25, -0.2) is 0 Å². The Morgan fingerprint density at radius 1 is 1.19 bits per heavy atom. The number of carbonyl (C=O) groups is 1. The summed E-state index contributed by atoms with van der Waals surface area (Å²) >= 11 is 0. The van der Waals surface area contributed by atoms with E-state index < -0.39 is 5.54 Å². The van der Waals surface area contributed by atoms with Crippen LogP contribution in [0.4, 0.5) is 0 Å².